The number of nitrogens with zero attached hydrogens (tertiary/aromatic N) is 1. The van der Waals surface area contributed by atoms with Crippen LogP contribution in [0.15, 0.2) is 54.6 Å². The number of piperidine rings is 1. The molecule has 0 bridgehead atoms. The number of carbonyl (C=O) groups excluding carboxylic acids is 2. The fourth-order valence-electron chi connectivity index (χ4n) is 5.81. The Morgan fingerprint density at radius 3 is 2.55 bits per heavy atom. The standard InChI is InChI=1S/C31H31Cl2F2N3O4/c1-18(38-11-9-31(10-12-38)23-16-21(34)5-7-27(23)37-30(40)42-31)13-22(20-4-6-24(32)25(33)15-20)29(39)36-17-19-3-8-28(41-2)26(35)14-19/h3-8,14-16,18,22H,9-13,17H2,1-2H3,(H,36,39)(H,37,40). The lowest BCUT2D eigenvalue weighted by atomic mass is 9.81. The van der Waals surface area contributed by atoms with Gasteiger partial charge in [0, 0.05) is 44.1 Å². The van der Waals surface area contributed by atoms with Crippen LogP contribution in [0.4, 0.5) is 19.3 Å². The second-order valence-corrected chi connectivity index (χ2v) is 11.5. The van der Waals surface area contributed by atoms with Crippen molar-refractivity contribution in [3.63, 3.8) is 0 Å². The predicted octanol–water partition coefficient (Wildman–Crippen LogP) is 7.01. The van der Waals surface area contributed by atoms with Crippen LogP contribution in [0.2, 0.25) is 10.0 Å². The highest BCUT2D eigenvalue weighted by atomic mass is 35.5. The average Bonchev–Trinajstić information content (AvgIpc) is 2.97. The van der Waals surface area contributed by atoms with Crippen molar-refractivity contribution in [1.29, 1.82) is 0 Å². The lowest BCUT2D eigenvalue weighted by Crippen LogP contribution is -2.50. The van der Waals surface area contributed by atoms with E-state index in [0.29, 0.717) is 64.8 Å². The van der Waals surface area contributed by atoms with Crippen LogP contribution < -0.4 is 15.4 Å². The van der Waals surface area contributed by atoms with Gasteiger partial charge in [0.2, 0.25) is 5.91 Å². The summed E-state index contributed by atoms with van der Waals surface area (Å²) in [6, 6.07) is 13.9. The third-order valence-electron chi connectivity index (χ3n) is 8.15. The molecular weight excluding hydrogens is 587 g/mol. The molecule has 11 heteroatoms. The van der Waals surface area contributed by atoms with Gasteiger partial charge >= 0.3 is 6.09 Å². The molecule has 1 saturated heterocycles. The van der Waals surface area contributed by atoms with Crippen molar-refractivity contribution in [3.05, 3.63) is 93.0 Å². The van der Waals surface area contributed by atoms with Crippen molar-refractivity contribution in [2.75, 3.05) is 25.5 Å². The number of nitrogens with one attached hydrogen (secondary N) is 2. The summed E-state index contributed by atoms with van der Waals surface area (Å²) in [5.74, 6) is -1.58. The first-order valence-corrected chi connectivity index (χ1v) is 14.4. The SMILES string of the molecule is COc1ccc(CNC(=O)C(CC(C)N2CCC3(CC2)OC(=O)Nc2ccc(F)cc23)c2ccc(Cl)c(Cl)c2)cc1F. The molecule has 5 rings (SSSR count). The van der Waals surface area contributed by atoms with Crippen LogP contribution in [0.3, 0.4) is 0 Å². The van der Waals surface area contributed by atoms with Gasteiger partial charge in [0.25, 0.3) is 0 Å². The van der Waals surface area contributed by atoms with Gasteiger partial charge in [-0.05, 0) is 66.9 Å². The Bertz CT molecular complexity index is 1500. The van der Waals surface area contributed by atoms with Crippen LogP contribution in [-0.2, 0) is 21.7 Å². The van der Waals surface area contributed by atoms with E-state index in [1.807, 2.05) is 6.92 Å². The summed E-state index contributed by atoms with van der Waals surface area (Å²) >= 11 is 12.5. The number of halogens is 4. The summed E-state index contributed by atoms with van der Waals surface area (Å²) in [5.41, 5.74) is 1.58. The number of carbonyl (C=O) groups is 2. The highest BCUT2D eigenvalue weighted by Gasteiger charge is 2.45. The van der Waals surface area contributed by atoms with Crippen LogP contribution in [-0.4, -0.2) is 43.1 Å². The van der Waals surface area contributed by atoms with Gasteiger partial charge in [-0.15, -0.1) is 0 Å². The van der Waals surface area contributed by atoms with E-state index < -0.39 is 29.2 Å². The van der Waals surface area contributed by atoms with E-state index in [4.69, 9.17) is 32.7 Å². The molecule has 1 spiro atoms. The molecule has 2 N–H and O–H groups in total. The largest absolute Gasteiger partial charge is 0.494 e. The van der Waals surface area contributed by atoms with Crippen molar-refractivity contribution in [2.45, 2.75) is 50.3 Å². The first kappa shape index (κ1) is 30.1. The van der Waals surface area contributed by atoms with E-state index in [1.54, 1.807) is 30.3 Å². The van der Waals surface area contributed by atoms with Crippen LogP contribution >= 0.6 is 23.2 Å². The molecule has 0 saturated carbocycles. The number of hydrogen-bond donors (Lipinski definition) is 2. The third-order valence-corrected chi connectivity index (χ3v) is 8.89. The number of rotatable bonds is 8. The van der Waals surface area contributed by atoms with Gasteiger partial charge in [0.05, 0.1) is 28.8 Å². The molecular formula is C31H31Cl2F2N3O4. The average molecular weight is 619 g/mol. The molecule has 2 unspecified atom stereocenters. The summed E-state index contributed by atoms with van der Waals surface area (Å²) in [4.78, 5) is 28.1. The molecule has 222 valence electrons. The van der Waals surface area contributed by atoms with Crippen molar-refractivity contribution in [1.82, 2.24) is 10.2 Å². The quantitative estimate of drug-likeness (QED) is 0.284. The molecule has 2 amide bonds. The van der Waals surface area contributed by atoms with E-state index in [1.165, 1.54) is 31.4 Å². The van der Waals surface area contributed by atoms with Gasteiger partial charge in [-0.1, -0.05) is 35.3 Å². The van der Waals surface area contributed by atoms with Crippen molar-refractivity contribution < 1.29 is 27.8 Å². The molecule has 42 heavy (non-hydrogen) atoms. The minimum Gasteiger partial charge on any atom is -0.494 e. The highest BCUT2D eigenvalue weighted by molar-refractivity contribution is 6.42. The Kier molecular flexibility index (Phi) is 8.92. The minimum atomic E-state index is -0.913. The summed E-state index contributed by atoms with van der Waals surface area (Å²) in [5, 5.41) is 6.32. The zero-order chi connectivity index (χ0) is 30.0. The monoisotopic (exact) mass is 617 g/mol. The summed E-state index contributed by atoms with van der Waals surface area (Å²) in [6.07, 6.45) is 0.867. The number of fused-ring (bicyclic) bond motifs is 2. The number of benzene rings is 3. The lowest BCUT2D eigenvalue weighted by Gasteiger charge is -2.46. The van der Waals surface area contributed by atoms with Gasteiger partial charge < -0.3 is 19.7 Å². The van der Waals surface area contributed by atoms with Gasteiger partial charge in [-0.3, -0.25) is 10.1 Å². The number of hydrogen-bond acceptors (Lipinski definition) is 5. The van der Waals surface area contributed by atoms with E-state index in [0.717, 1.165) is 0 Å². The van der Waals surface area contributed by atoms with Crippen LogP contribution in [0, 0.1) is 11.6 Å². The van der Waals surface area contributed by atoms with E-state index in [9.17, 15) is 18.4 Å². The van der Waals surface area contributed by atoms with Gasteiger partial charge in [0.1, 0.15) is 11.4 Å². The van der Waals surface area contributed by atoms with E-state index in [2.05, 4.69) is 15.5 Å². The van der Waals surface area contributed by atoms with Gasteiger partial charge in [-0.25, -0.2) is 13.6 Å². The Morgan fingerprint density at radius 2 is 1.86 bits per heavy atom. The third kappa shape index (κ3) is 6.33. The van der Waals surface area contributed by atoms with Crippen LogP contribution in [0.25, 0.3) is 0 Å². The van der Waals surface area contributed by atoms with Crippen molar-refractivity contribution in [3.8, 4) is 5.75 Å². The maximum Gasteiger partial charge on any atom is 0.412 e. The highest BCUT2D eigenvalue weighted by Crippen LogP contribution is 2.44. The molecule has 1 fully saturated rings. The fourth-order valence-corrected chi connectivity index (χ4v) is 6.12. The Labute approximate surface area is 253 Å². The maximum absolute atomic E-state index is 14.2. The predicted molar refractivity (Wildman–Crippen MR) is 157 cm³/mol. The molecule has 2 atom stereocenters. The smallest absolute Gasteiger partial charge is 0.412 e. The van der Waals surface area contributed by atoms with Crippen LogP contribution in [0.1, 0.15) is 48.8 Å². The second-order valence-electron chi connectivity index (χ2n) is 10.7. The summed E-state index contributed by atoms with van der Waals surface area (Å²) < 4.78 is 39.1. The second kappa shape index (κ2) is 12.5. The Hall–Kier alpha value is -3.40. The first-order valence-electron chi connectivity index (χ1n) is 13.7. The zero-order valence-electron chi connectivity index (χ0n) is 23.2. The van der Waals surface area contributed by atoms with E-state index in [-0.39, 0.29) is 24.2 Å². The molecule has 0 radical (unpaired) electrons. The Balaban J connectivity index is 1.30. The van der Waals surface area contributed by atoms with Gasteiger partial charge in [0.15, 0.2) is 11.6 Å². The molecule has 7 nitrogen and oxygen atoms in total. The Morgan fingerprint density at radius 1 is 1.10 bits per heavy atom. The summed E-state index contributed by atoms with van der Waals surface area (Å²) in [7, 11) is 1.39. The number of amides is 2. The molecule has 2 aliphatic heterocycles. The van der Waals surface area contributed by atoms with Crippen molar-refractivity contribution in [2.24, 2.45) is 0 Å². The molecule has 3 aromatic carbocycles. The fraction of sp³-hybridized carbons (Fsp3) is 0.355. The number of ether oxygens (including phenoxy) is 2. The zero-order valence-corrected chi connectivity index (χ0v) is 24.7. The normalized spacial score (nSPS) is 17.5. The topological polar surface area (TPSA) is 79.9 Å². The number of anilines is 1. The number of likely N-dealkylation sites (tertiary alicyclic amines) is 1. The number of methoxy groups -OCH3 is 1. The molecule has 2 aliphatic rings. The van der Waals surface area contributed by atoms with Crippen LogP contribution in [0.5, 0.6) is 5.75 Å². The molecule has 2 heterocycles. The van der Waals surface area contributed by atoms with Gasteiger partial charge in [-0.2, -0.15) is 0 Å². The molecule has 0 aliphatic carbocycles. The first-order chi connectivity index (χ1) is 20.1. The van der Waals surface area contributed by atoms with Crippen molar-refractivity contribution >= 4 is 40.9 Å². The van der Waals surface area contributed by atoms with E-state index >= 15 is 0 Å². The summed E-state index contributed by atoms with van der Waals surface area (Å²) in [6.45, 7) is 3.32. The minimum absolute atomic E-state index is 0.0459. The molecule has 3 aromatic rings. The molecule has 0 aromatic heterocycles. The maximum atomic E-state index is 14.2. The lowest BCUT2D eigenvalue weighted by molar-refractivity contribution is -0.123.